The Kier molecular flexibility index (Phi) is 4.32. The maximum Gasteiger partial charge on any atom is 0.210 e. The van der Waals surface area contributed by atoms with Crippen LogP contribution in [0.25, 0.3) is 0 Å². The average Bonchev–Trinajstić information content (AvgIpc) is 2.33. The van der Waals surface area contributed by atoms with E-state index in [2.05, 4.69) is 13.2 Å². The van der Waals surface area contributed by atoms with Crippen molar-refractivity contribution in [3.8, 4) is 0 Å². The minimum atomic E-state index is 0.291. The largest absolute Gasteiger partial charge is 0.431 e. The minimum Gasteiger partial charge on any atom is -0.431 e. The molecule has 0 aliphatic heterocycles. The SMILES string of the molecule is C=CSc1c(Cl)oc(Cl)c1SC=C. The summed E-state index contributed by atoms with van der Waals surface area (Å²) >= 11 is 14.3. The molecule has 0 aromatic carbocycles. The van der Waals surface area contributed by atoms with Crippen molar-refractivity contribution in [3.05, 3.63) is 34.4 Å². The normalized spacial score (nSPS) is 10.0. The molecule has 5 heteroatoms. The first-order valence-corrected chi connectivity index (χ1v) is 5.75. The molecule has 0 bridgehead atoms. The molecule has 0 saturated carbocycles. The summed E-state index contributed by atoms with van der Waals surface area (Å²) in [7, 11) is 0. The summed E-state index contributed by atoms with van der Waals surface area (Å²) in [5.41, 5.74) is 0. The fourth-order valence-corrected chi connectivity index (χ4v) is 2.77. The summed E-state index contributed by atoms with van der Waals surface area (Å²) in [6.45, 7) is 7.18. The molecule has 0 amide bonds. The van der Waals surface area contributed by atoms with Crippen LogP contribution in [0.5, 0.6) is 0 Å². The number of halogens is 2. The zero-order valence-electron chi connectivity index (χ0n) is 6.55. The van der Waals surface area contributed by atoms with Gasteiger partial charge in [0.05, 0.1) is 9.79 Å². The molecule has 0 aliphatic rings. The number of thioether (sulfide) groups is 2. The van der Waals surface area contributed by atoms with Gasteiger partial charge in [-0.25, -0.2) is 0 Å². The van der Waals surface area contributed by atoms with Gasteiger partial charge < -0.3 is 4.42 Å². The Labute approximate surface area is 95.2 Å². The van der Waals surface area contributed by atoms with Crippen LogP contribution in [-0.4, -0.2) is 0 Å². The molecule has 0 unspecified atom stereocenters. The third-order valence-electron chi connectivity index (χ3n) is 1.14. The van der Waals surface area contributed by atoms with Crippen molar-refractivity contribution in [2.45, 2.75) is 9.79 Å². The monoisotopic (exact) mass is 252 g/mol. The Bertz CT molecular complexity index is 303. The first-order chi connectivity index (χ1) is 6.20. The highest BCUT2D eigenvalue weighted by Gasteiger charge is 2.16. The predicted octanol–water partition coefficient (Wildman–Crippen LogP) is 5.06. The first kappa shape index (κ1) is 11.1. The van der Waals surface area contributed by atoms with Gasteiger partial charge in [0.1, 0.15) is 0 Å². The third-order valence-corrected chi connectivity index (χ3v) is 3.61. The highest BCUT2D eigenvalue weighted by Crippen LogP contribution is 2.44. The first-order valence-electron chi connectivity index (χ1n) is 3.23. The molecule has 1 heterocycles. The fraction of sp³-hybridized carbons (Fsp3) is 0. The smallest absolute Gasteiger partial charge is 0.210 e. The van der Waals surface area contributed by atoms with Gasteiger partial charge in [-0.2, -0.15) is 0 Å². The summed E-state index contributed by atoms with van der Waals surface area (Å²) in [4.78, 5) is 1.57. The lowest BCUT2D eigenvalue weighted by Gasteiger charge is -1.94. The van der Waals surface area contributed by atoms with Gasteiger partial charge in [-0.15, -0.1) is 0 Å². The standard InChI is InChI=1S/C8H6Cl2OS2/c1-3-12-5-6(13-4-2)8(10)11-7(5)9/h3-4H,1-2H2. The van der Waals surface area contributed by atoms with E-state index in [1.54, 1.807) is 10.8 Å². The van der Waals surface area contributed by atoms with E-state index in [9.17, 15) is 0 Å². The van der Waals surface area contributed by atoms with E-state index < -0.39 is 0 Å². The van der Waals surface area contributed by atoms with Crippen molar-refractivity contribution in [3.63, 3.8) is 0 Å². The molecule has 0 N–H and O–H groups in total. The molecule has 1 aromatic rings. The lowest BCUT2D eigenvalue weighted by Crippen LogP contribution is -1.67. The van der Waals surface area contributed by atoms with Gasteiger partial charge in [0, 0.05) is 0 Å². The second-order valence-electron chi connectivity index (χ2n) is 1.88. The van der Waals surface area contributed by atoms with E-state index in [1.807, 2.05) is 0 Å². The van der Waals surface area contributed by atoms with Crippen LogP contribution >= 0.6 is 46.7 Å². The Morgan fingerprint density at radius 1 is 1.00 bits per heavy atom. The van der Waals surface area contributed by atoms with E-state index in [4.69, 9.17) is 27.6 Å². The van der Waals surface area contributed by atoms with Crippen molar-refractivity contribution in [1.82, 2.24) is 0 Å². The lowest BCUT2D eigenvalue weighted by molar-refractivity contribution is 0.562. The van der Waals surface area contributed by atoms with E-state index in [0.29, 0.717) is 10.4 Å². The average molecular weight is 253 g/mol. The second kappa shape index (κ2) is 5.05. The van der Waals surface area contributed by atoms with Crippen LogP contribution in [0.1, 0.15) is 0 Å². The quantitative estimate of drug-likeness (QED) is 0.696. The van der Waals surface area contributed by atoms with Gasteiger partial charge in [-0.3, -0.25) is 0 Å². The van der Waals surface area contributed by atoms with Crippen molar-refractivity contribution < 1.29 is 4.42 Å². The summed E-state index contributed by atoms with van der Waals surface area (Å²) in [6.07, 6.45) is 0. The molecule has 0 saturated heterocycles. The highest BCUT2D eigenvalue weighted by molar-refractivity contribution is 8.05. The summed E-state index contributed by atoms with van der Waals surface area (Å²) in [5, 5.41) is 3.92. The maximum atomic E-state index is 5.80. The molecular formula is C8H6Cl2OS2. The number of furan rings is 1. The van der Waals surface area contributed by atoms with Crippen LogP contribution in [0.3, 0.4) is 0 Å². The molecular weight excluding hydrogens is 247 g/mol. The third kappa shape index (κ3) is 2.50. The Hall–Kier alpha value is 0.0400. The number of rotatable bonds is 4. The zero-order chi connectivity index (χ0) is 9.84. The number of hydrogen-bond acceptors (Lipinski definition) is 3. The molecule has 0 spiro atoms. The summed E-state index contributed by atoms with van der Waals surface area (Å²) in [6, 6.07) is 0. The predicted molar refractivity (Wildman–Crippen MR) is 60.8 cm³/mol. The van der Waals surface area contributed by atoms with Crippen molar-refractivity contribution in [1.29, 1.82) is 0 Å². The molecule has 1 nitrogen and oxygen atoms in total. The van der Waals surface area contributed by atoms with E-state index in [0.717, 1.165) is 9.79 Å². The van der Waals surface area contributed by atoms with E-state index in [-0.39, 0.29) is 0 Å². The van der Waals surface area contributed by atoms with Gasteiger partial charge >= 0.3 is 0 Å². The molecule has 0 fully saturated rings. The topological polar surface area (TPSA) is 13.1 Å². The molecule has 1 aromatic heterocycles. The van der Waals surface area contributed by atoms with Crippen LogP contribution in [0.2, 0.25) is 10.4 Å². The van der Waals surface area contributed by atoms with Gasteiger partial charge in [0.25, 0.3) is 0 Å². The molecule has 0 aliphatic carbocycles. The number of hydrogen-bond donors (Lipinski definition) is 0. The maximum absolute atomic E-state index is 5.80. The Balaban J connectivity index is 3.11. The second-order valence-corrected chi connectivity index (χ2v) is 4.52. The van der Waals surface area contributed by atoms with Crippen LogP contribution in [-0.2, 0) is 0 Å². The molecule has 13 heavy (non-hydrogen) atoms. The fourth-order valence-electron chi connectivity index (χ4n) is 0.716. The van der Waals surface area contributed by atoms with Gasteiger partial charge in [0.15, 0.2) is 0 Å². The lowest BCUT2D eigenvalue weighted by atomic mass is 10.6. The van der Waals surface area contributed by atoms with E-state index in [1.165, 1.54) is 23.5 Å². The summed E-state index contributed by atoms with van der Waals surface area (Å²) in [5.74, 6) is 0. The van der Waals surface area contributed by atoms with Crippen LogP contribution in [0.15, 0.2) is 38.2 Å². The van der Waals surface area contributed by atoms with Crippen LogP contribution in [0.4, 0.5) is 0 Å². The summed E-state index contributed by atoms with van der Waals surface area (Å²) < 4.78 is 5.04. The van der Waals surface area contributed by atoms with Gasteiger partial charge in [0.2, 0.25) is 10.4 Å². The van der Waals surface area contributed by atoms with Crippen molar-refractivity contribution in [2.24, 2.45) is 0 Å². The molecule has 0 atom stereocenters. The zero-order valence-corrected chi connectivity index (χ0v) is 9.69. The van der Waals surface area contributed by atoms with Gasteiger partial charge in [-0.1, -0.05) is 36.7 Å². The van der Waals surface area contributed by atoms with Crippen LogP contribution < -0.4 is 0 Å². The van der Waals surface area contributed by atoms with Crippen molar-refractivity contribution >= 4 is 46.7 Å². The molecule has 1 rings (SSSR count). The Morgan fingerprint density at radius 2 is 1.38 bits per heavy atom. The Morgan fingerprint density at radius 3 is 1.69 bits per heavy atom. The van der Waals surface area contributed by atoms with Crippen LogP contribution in [0, 0.1) is 0 Å². The minimum absolute atomic E-state index is 0.291. The van der Waals surface area contributed by atoms with Crippen molar-refractivity contribution in [2.75, 3.05) is 0 Å². The molecule has 0 radical (unpaired) electrons. The molecule has 70 valence electrons. The highest BCUT2D eigenvalue weighted by atomic mass is 35.5. The van der Waals surface area contributed by atoms with Gasteiger partial charge in [-0.05, 0) is 34.0 Å². The van der Waals surface area contributed by atoms with E-state index >= 15 is 0 Å².